The molecular weight excluding hydrogens is 290 g/mol. The van der Waals surface area contributed by atoms with Crippen molar-refractivity contribution in [2.45, 2.75) is 18.4 Å². The van der Waals surface area contributed by atoms with Gasteiger partial charge in [0.05, 0.1) is 46.2 Å². The van der Waals surface area contributed by atoms with Gasteiger partial charge in [0, 0.05) is 40.1 Å². The van der Waals surface area contributed by atoms with Crippen LogP contribution in [0.1, 0.15) is 12.8 Å². The summed E-state index contributed by atoms with van der Waals surface area (Å²) in [7, 11) is 4.95. The first kappa shape index (κ1) is 21.7. The summed E-state index contributed by atoms with van der Waals surface area (Å²) in [6.45, 7) is 5.01. The number of rotatable bonds is 17. The molecule has 0 bridgehead atoms. The Hall–Kier alpha value is -0.280. The highest BCUT2D eigenvalue weighted by Crippen LogP contribution is 2.13. The van der Waals surface area contributed by atoms with Crippen molar-refractivity contribution in [1.29, 1.82) is 0 Å². The second kappa shape index (κ2) is 15.6. The van der Waals surface area contributed by atoms with Crippen molar-refractivity contribution in [2.75, 3.05) is 80.8 Å². The van der Waals surface area contributed by atoms with E-state index < -0.39 is 5.54 Å². The number of hydrogen-bond donors (Lipinski definition) is 1. The zero-order valence-electron chi connectivity index (χ0n) is 14.3. The molecular formula is C15H33NO6. The van der Waals surface area contributed by atoms with Gasteiger partial charge in [0.1, 0.15) is 0 Å². The quantitative estimate of drug-likeness (QED) is 0.389. The van der Waals surface area contributed by atoms with E-state index in [0.717, 1.165) is 0 Å². The van der Waals surface area contributed by atoms with Crippen LogP contribution in [-0.4, -0.2) is 86.3 Å². The summed E-state index contributed by atoms with van der Waals surface area (Å²) < 4.78 is 31.4. The van der Waals surface area contributed by atoms with Gasteiger partial charge in [-0.05, 0) is 12.8 Å². The van der Waals surface area contributed by atoms with E-state index in [1.807, 2.05) is 0 Å². The van der Waals surface area contributed by atoms with Gasteiger partial charge in [-0.1, -0.05) is 0 Å². The zero-order valence-corrected chi connectivity index (χ0v) is 14.3. The molecule has 0 saturated heterocycles. The van der Waals surface area contributed by atoms with E-state index in [1.165, 1.54) is 0 Å². The van der Waals surface area contributed by atoms with Crippen LogP contribution >= 0.6 is 0 Å². The normalized spacial score (nSPS) is 12.0. The van der Waals surface area contributed by atoms with Gasteiger partial charge in [-0.3, -0.25) is 0 Å². The average Bonchev–Trinajstić information content (AvgIpc) is 2.51. The third-order valence-corrected chi connectivity index (χ3v) is 3.17. The molecule has 0 aromatic carbocycles. The molecule has 0 fully saturated rings. The molecule has 0 aliphatic rings. The predicted octanol–water partition coefficient (Wildman–Crippen LogP) is 0.453. The van der Waals surface area contributed by atoms with Crippen molar-refractivity contribution >= 4 is 0 Å². The minimum atomic E-state index is -0.464. The standard InChI is InChI=1S/C15H33NO6/c1-17-8-11-20-6-4-15(16,14-22-13-10-19-3)5-7-21-12-9-18-2/h4-14,16H2,1-3H3. The van der Waals surface area contributed by atoms with Crippen LogP contribution in [0.25, 0.3) is 0 Å². The molecule has 0 aliphatic heterocycles. The minimum Gasteiger partial charge on any atom is -0.382 e. The van der Waals surface area contributed by atoms with E-state index in [4.69, 9.17) is 34.2 Å². The highest BCUT2D eigenvalue weighted by Gasteiger charge is 2.25. The summed E-state index contributed by atoms with van der Waals surface area (Å²) in [5, 5.41) is 0. The summed E-state index contributed by atoms with van der Waals surface area (Å²) >= 11 is 0. The molecule has 0 aromatic heterocycles. The first-order valence-electron chi connectivity index (χ1n) is 7.67. The molecule has 0 aromatic rings. The van der Waals surface area contributed by atoms with Crippen molar-refractivity contribution in [3.05, 3.63) is 0 Å². The summed E-state index contributed by atoms with van der Waals surface area (Å²) in [5.74, 6) is 0. The lowest BCUT2D eigenvalue weighted by atomic mass is 9.94. The largest absolute Gasteiger partial charge is 0.382 e. The Balaban J connectivity index is 3.99. The van der Waals surface area contributed by atoms with E-state index >= 15 is 0 Å². The van der Waals surface area contributed by atoms with Crippen molar-refractivity contribution in [2.24, 2.45) is 5.73 Å². The van der Waals surface area contributed by atoms with Gasteiger partial charge in [0.15, 0.2) is 0 Å². The molecule has 22 heavy (non-hydrogen) atoms. The Kier molecular flexibility index (Phi) is 15.4. The minimum absolute atomic E-state index is 0.456. The van der Waals surface area contributed by atoms with Crippen molar-refractivity contribution < 1.29 is 28.4 Å². The van der Waals surface area contributed by atoms with Crippen LogP contribution in [-0.2, 0) is 28.4 Å². The molecule has 134 valence electrons. The first-order valence-corrected chi connectivity index (χ1v) is 7.67. The number of nitrogens with two attached hydrogens (primary N) is 1. The molecule has 0 rings (SSSR count). The molecule has 0 unspecified atom stereocenters. The van der Waals surface area contributed by atoms with Gasteiger partial charge in [0.25, 0.3) is 0 Å². The fourth-order valence-corrected chi connectivity index (χ4v) is 1.73. The predicted molar refractivity (Wildman–Crippen MR) is 84.2 cm³/mol. The van der Waals surface area contributed by atoms with Gasteiger partial charge >= 0.3 is 0 Å². The molecule has 0 atom stereocenters. The summed E-state index contributed by atoms with van der Waals surface area (Å²) in [6, 6.07) is 0. The molecule has 0 amide bonds. The lowest BCUT2D eigenvalue weighted by Crippen LogP contribution is -2.47. The maximum atomic E-state index is 6.42. The van der Waals surface area contributed by atoms with Crippen LogP contribution in [0.4, 0.5) is 0 Å². The molecule has 7 nitrogen and oxygen atoms in total. The molecule has 0 heterocycles. The SMILES string of the molecule is COCCOCCC(N)(CCOCCOC)COCCOC. The fourth-order valence-electron chi connectivity index (χ4n) is 1.73. The highest BCUT2D eigenvalue weighted by atomic mass is 16.5. The maximum Gasteiger partial charge on any atom is 0.0701 e. The van der Waals surface area contributed by atoms with Crippen molar-refractivity contribution in [1.82, 2.24) is 0 Å². The van der Waals surface area contributed by atoms with E-state index in [-0.39, 0.29) is 0 Å². The average molecular weight is 323 g/mol. The highest BCUT2D eigenvalue weighted by molar-refractivity contribution is 4.84. The van der Waals surface area contributed by atoms with E-state index in [1.54, 1.807) is 21.3 Å². The Morgan fingerprint density at radius 2 is 1.00 bits per heavy atom. The van der Waals surface area contributed by atoms with Gasteiger partial charge in [-0.15, -0.1) is 0 Å². The van der Waals surface area contributed by atoms with Gasteiger partial charge in [-0.2, -0.15) is 0 Å². The monoisotopic (exact) mass is 323 g/mol. The van der Waals surface area contributed by atoms with Crippen LogP contribution in [0, 0.1) is 0 Å². The van der Waals surface area contributed by atoms with Crippen molar-refractivity contribution in [3.63, 3.8) is 0 Å². The number of ether oxygens (including phenoxy) is 6. The third-order valence-electron chi connectivity index (χ3n) is 3.17. The zero-order chi connectivity index (χ0) is 16.5. The Labute approximate surface area is 134 Å². The second-order valence-corrected chi connectivity index (χ2v) is 5.12. The molecule has 7 heteroatoms. The van der Waals surface area contributed by atoms with Crippen LogP contribution in [0.2, 0.25) is 0 Å². The number of methoxy groups -OCH3 is 3. The van der Waals surface area contributed by atoms with Crippen LogP contribution in [0.15, 0.2) is 0 Å². The van der Waals surface area contributed by atoms with Gasteiger partial charge in [-0.25, -0.2) is 0 Å². The fraction of sp³-hybridized carbons (Fsp3) is 1.00. The van der Waals surface area contributed by atoms with Gasteiger partial charge in [0.2, 0.25) is 0 Å². The van der Waals surface area contributed by atoms with E-state index in [9.17, 15) is 0 Å². The van der Waals surface area contributed by atoms with Gasteiger partial charge < -0.3 is 34.2 Å². The summed E-state index contributed by atoms with van der Waals surface area (Å²) in [6.07, 6.45) is 1.41. The third kappa shape index (κ3) is 13.4. The van der Waals surface area contributed by atoms with E-state index in [2.05, 4.69) is 0 Å². The molecule has 0 saturated carbocycles. The Bertz CT molecular complexity index is 216. The number of hydrogen-bond acceptors (Lipinski definition) is 7. The second-order valence-electron chi connectivity index (χ2n) is 5.12. The first-order chi connectivity index (χ1) is 10.7. The molecule has 0 aliphatic carbocycles. The van der Waals surface area contributed by atoms with Crippen LogP contribution in [0.3, 0.4) is 0 Å². The summed E-state index contributed by atoms with van der Waals surface area (Å²) in [4.78, 5) is 0. The Morgan fingerprint density at radius 1 is 0.591 bits per heavy atom. The van der Waals surface area contributed by atoms with E-state index in [0.29, 0.717) is 72.3 Å². The van der Waals surface area contributed by atoms with Crippen LogP contribution < -0.4 is 5.73 Å². The molecule has 2 N–H and O–H groups in total. The molecule has 0 radical (unpaired) electrons. The molecule has 0 spiro atoms. The smallest absolute Gasteiger partial charge is 0.0701 e. The topological polar surface area (TPSA) is 81.4 Å². The maximum absolute atomic E-state index is 6.42. The Morgan fingerprint density at radius 3 is 1.41 bits per heavy atom. The summed E-state index contributed by atoms with van der Waals surface area (Å²) in [5.41, 5.74) is 5.96. The lowest BCUT2D eigenvalue weighted by Gasteiger charge is -2.29. The van der Waals surface area contributed by atoms with Crippen LogP contribution in [0.5, 0.6) is 0 Å². The lowest BCUT2D eigenvalue weighted by molar-refractivity contribution is 0.00606. The van der Waals surface area contributed by atoms with Crippen molar-refractivity contribution in [3.8, 4) is 0 Å².